The lowest BCUT2D eigenvalue weighted by atomic mass is 10.1. The number of hydrogen-bond donors (Lipinski definition) is 2. The summed E-state index contributed by atoms with van der Waals surface area (Å²) in [6, 6.07) is 17.2. The highest BCUT2D eigenvalue weighted by molar-refractivity contribution is 7.13. The number of nitrogen functional groups attached to an aromatic ring is 1. The highest BCUT2D eigenvalue weighted by Crippen LogP contribution is 2.30. The van der Waals surface area contributed by atoms with E-state index in [2.05, 4.69) is 15.6 Å². The van der Waals surface area contributed by atoms with E-state index >= 15 is 0 Å². The predicted molar refractivity (Wildman–Crippen MR) is 117 cm³/mol. The first-order valence-electron chi connectivity index (χ1n) is 8.98. The Bertz CT molecular complexity index is 1140. The van der Waals surface area contributed by atoms with Crippen LogP contribution in [0.5, 0.6) is 0 Å². The lowest BCUT2D eigenvalue weighted by molar-refractivity contribution is 0.102. The monoisotopic (exact) mass is 423 g/mol. The van der Waals surface area contributed by atoms with Crippen molar-refractivity contribution in [2.24, 2.45) is 0 Å². The van der Waals surface area contributed by atoms with Crippen LogP contribution in [-0.4, -0.2) is 20.9 Å². The third kappa shape index (κ3) is 4.64. The topological polar surface area (TPSA) is 85.8 Å². The molecule has 0 aliphatic carbocycles. The van der Waals surface area contributed by atoms with Gasteiger partial charge in [-0.2, -0.15) is 0 Å². The van der Waals surface area contributed by atoms with Crippen LogP contribution in [0.1, 0.15) is 16.1 Å². The van der Waals surface area contributed by atoms with E-state index in [0.29, 0.717) is 22.9 Å². The van der Waals surface area contributed by atoms with Crippen molar-refractivity contribution in [1.82, 2.24) is 15.0 Å². The summed E-state index contributed by atoms with van der Waals surface area (Å²) in [5, 5.41) is 13.6. The van der Waals surface area contributed by atoms with Gasteiger partial charge in [-0.15, -0.1) is 16.4 Å². The molecule has 0 aliphatic rings. The van der Waals surface area contributed by atoms with Gasteiger partial charge < -0.3 is 11.1 Å². The number of carbonyl (C=O) groups excluding carboxylic acids is 1. The van der Waals surface area contributed by atoms with Crippen molar-refractivity contribution in [3.8, 4) is 10.4 Å². The summed E-state index contributed by atoms with van der Waals surface area (Å²) < 4.78 is 1.64. The number of anilines is 2. The minimum absolute atomic E-state index is 0.233. The lowest BCUT2D eigenvalue weighted by Crippen LogP contribution is -2.13. The normalized spacial score (nSPS) is 10.8. The Hall–Kier alpha value is -3.16. The van der Waals surface area contributed by atoms with Crippen LogP contribution in [0.2, 0.25) is 5.02 Å². The fourth-order valence-electron chi connectivity index (χ4n) is 2.89. The molecule has 6 nitrogen and oxygen atoms in total. The summed E-state index contributed by atoms with van der Waals surface area (Å²) in [6.07, 6.45) is 2.36. The van der Waals surface area contributed by atoms with E-state index in [9.17, 15) is 4.79 Å². The molecule has 0 radical (unpaired) electrons. The molecule has 0 saturated carbocycles. The second-order valence-corrected chi connectivity index (χ2v) is 7.86. The molecule has 2 aromatic heterocycles. The summed E-state index contributed by atoms with van der Waals surface area (Å²) >= 11 is 7.63. The van der Waals surface area contributed by atoms with Gasteiger partial charge in [-0.05, 0) is 53.3 Å². The van der Waals surface area contributed by atoms with Gasteiger partial charge in [0, 0.05) is 16.4 Å². The minimum atomic E-state index is -0.353. The number of halogens is 1. The third-order valence-electron chi connectivity index (χ3n) is 4.40. The molecule has 2 heterocycles. The largest absolute Gasteiger partial charge is 0.397 e. The Morgan fingerprint density at radius 1 is 1.17 bits per heavy atom. The maximum absolute atomic E-state index is 12.6. The second kappa shape index (κ2) is 8.46. The first-order chi connectivity index (χ1) is 14.1. The molecular weight excluding hydrogens is 406 g/mol. The molecule has 8 heteroatoms. The molecule has 4 rings (SSSR count). The summed E-state index contributed by atoms with van der Waals surface area (Å²) in [5.41, 5.74) is 9.40. The van der Waals surface area contributed by atoms with Crippen LogP contribution < -0.4 is 11.1 Å². The van der Waals surface area contributed by atoms with E-state index in [1.807, 2.05) is 53.9 Å². The van der Waals surface area contributed by atoms with Crippen LogP contribution in [0, 0.1) is 0 Å². The van der Waals surface area contributed by atoms with Crippen LogP contribution in [0.25, 0.3) is 10.4 Å². The molecule has 0 saturated heterocycles. The zero-order chi connectivity index (χ0) is 20.2. The average Bonchev–Trinajstić information content (AvgIpc) is 3.40. The fourth-order valence-corrected chi connectivity index (χ4v) is 3.83. The van der Waals surface area contributed by atoms with Crippen molar-refractivity contribution >= 4 is 40.2 Å². The van der Waals surface area contributed by atoms with Gasteiger partial charge in [0.05, 0.1) is 17.6 Å². The van der Waals surface area contributed by atoms with Crippen LogP contribution >= 0.6 is 22.9 Å². The van der Waals surface area contributed by atoms with Gasteiger partial charge >= 0.3 is 0 Å². The highest BCUT2D eigenvalue weighted by atomic mass is 35.5. The molecule has 3 N–H and O–H groups in total. The molecular formula is C21H18ClN5OS. The number of carbonyl (C=O) groups is 1. The minimum Gasteiger partial charge on any atom is -0.397 e. The first-order valence-corrected chi connectivity index (χ1v) is 10.2. The quantitative estimate of drug-likeness (QED) is 0.438. The lowest BCUT2D eigenvalue weighted by Gasteiger charge is -2.08. The summed E-state index contributed by atoms with van der Waals surface area (Å²) in [7, 11) is 0. The number of thiophene rings is 1. The number of nitrogens with zero attached hydrogens (tertiary/aromatic N) is 3. The van der Waals surface area contributed by atoms with Gasteiger partial charge in [-0.25, -0.2) is 0 Å². The molecule has 0 spiro atoms. The number of aryl methyl sites for hydroxylation is 2. The van der Waals surface area contributed by atoms with E-state index in [0.717, 1.165) is 22.4 Å². The molecule has 1 amide bonds. The Morgan fingerprint density at radius 2 is 2.07 bits per heavy atom. The van der Waals surface area contributed by atoms with Gasteiger partial charge in [0.2, 0.25) is 0 Å². The molecule has 29 heavy (non-hydrogen) atoms. The fraction of sp³-hybridized carbons (Fsp3) is 0.0952. The zero-order valence-electron chi connectivity index (χ0n) is 15.4. The third-order valence-corrected chi connectivity index (χ3v) is 5.55. The van der Waals surface area contributed by atoms with E-state index in [-0.39, 0.29) is 11.6 Å². The number of aromatic nitrogens is 3. The smallest absolute Gasteiger partial charge is 0.277 e. The van der Waals surface area contributed by atoms with Gasteiger partial charge in [0.25, 0.3) is 5.91 Å². The van der Waals surface area contributed by atoms with Crippen molar-refractivity contribution in [2.75, 3.05) is 11.1 Å². The number of benzene rings is 2. The molecule has 146 valence electrons. The van der Waals surface area contributed by atoms with Crippen molar-refractivity contribution in [1.29, 1.82) is 0 Å². The Labute approximate surface area is 176 Å². The van der Waals surface area contributed by atoms with E-state index in [1.54, 1.807) is 28.3 Å². The maximum atomic E-state index is 12.6. The molecule has 0 atom stereocenters. The van der Waals surface area contributed by atoms with Crippen LogP contribution in [0.15, 0.2) is 66.2 Å². The summed E-state index contributed by atoms with van der Waals surface area (Å²) in [5.74, 6) is -0.353. The molecule has 0 aliphatic heterocycles. The maximum Gasteiger partial charge on any atom is 0.277 e. The highest BCUT2D eigenvalue weighted by Gasteiger charge is 2.13. The number of rotatable bonds is 6. The second-order valence-electron chi connectivity index (χ2n) is 6.48. The first kappa shape index (κ1) is 19.2. The van der Waals surface area contributed by atoms with Crippen molar-refractivity contribution < 1.29 is 4.79 Å². The van der Waals surface area contributed by atoms with Gasteiger partial charge in [0.15, 0.2) is 5.69 Å². The summed E-state index contributed by atoms with van der Waals surface area (Å²) in [6.45, 7) is 0.594. The van der Waals surface area contributed by atoms with E-state index in [4.69, 9.17) is 17.3 Å². The van der Waals surface area contributed by atoms with Crippen molar-refractivity contribution in [2.45, 2.75) is 13.0 Å². The number of hydrogen-bond acceptors (Lipinski definition) is 5. The van der Waals surface area contributed by atoms with Crippen LogP contribution in [-0.2, 0) is 13.0 Å². The molecule has 0 unspecified atom stereocenters. The standard InChI is InChI=1S/C21H18ClN5OS/c22-16-4-1-3-14(11-16)8-9-27-13-19(25-26-27)21(28)24-18-12-15(6-7-17(18)23)20-5-2-10-29-20/h1-7,10-13H,8-9,23H2,(H,24,28). The molecule has 0 fully saturated rings. The van der Waals surface area contributed by atoms with Crippen molar-refractivity contribution in [3.63, 3.8) is 0 Å². The Kier molecular flexibility index (Phi) is 5.59. The van der Waals surface area contributed by atoms with Crippen LogP contribution in [0.3, 0.4) is 0 Å². The predicted octanol–water partition coefficient (Wildman–Crippen LogP) is 4.74. The number of nitrogens with one attached hydrogen (secondary N) is 1. The van der Waals surface area contributed by atoms with E-state index in [1.165, 1.54) is 0 Å². The van der Waals surface area contributed by atoms with Crippen molar-refractivity contribution in [3.05, 3.63) is 82.5 Å². The molecule has 2 aromatic carbocycles. The SMILES string of the molecule is Nc1ccc(-c2cccs2)cc1NC(=O)c1cn(CCc2cccc(Cl)c2)nn1. The van der Waals surface area contributed by atoms with Gasteiger partial charge in [0.1, 0.15) is 0 Å². The molecule has 4 aromatic rings. The van der Waals surface area contributed by atoms with Crippen LogP contribution in [0.4, 0.5) is 11.4 Å². The van der Waals surface area contributed by atoms with E-state index < -0.39 is 0 Å². The van der Waals surface area contributed by atoms with Gasteiger partial charge in [-0.3, -0.25) is 9.48 Å². The summed E-state index contributed by atoms with van der Waals surface area (Å²) in [4.78, 5) is 13.7. The Balaban J connectivity index is 1.43. The number of amides is 1. The average molecular weight is 424 g/mol. The Morgan fingerprint density at radius 3 is 2.86 bits per heavy atom. The number of nitrogens with two attached hydrogens (primary N) is 1. The van der Waals surface area contributed by atoms with Gasteiger partial charge in [-0.1, -0.05) is 41.1 Å². The molecule has 0 bridgehead atoms. The zero-order valence-corrected chi connectivity index (χ0v) is 17.0.